The van der Waals surface area contributed by atoms with Gasteiger partial charge < -0.3 is 24.9 Å². The molecule has 3 aromatic carbocycles. The number of amides is 1. The first kappa shape index (κ1) is 22.5. The number of alkyl carbamates (subject to hydrolysis) is 1. The molecule has 0 fully saturated rings. The van der Waals surface area contributed by atoms with E-state index in [1.807, 2.05) is 61.5 Å². The van der Waals surface area contributed by atoms with E-state index >= 15 is 0 Å². The summed E-state index contributed by atoms with van der Waals surface area (Å²) in [6, 6.07) is 20.6. The highest BCUT2D eigenvalue weighted by atomic mass is 16.5. The molecule has 7 nitrogen and oxygen atoms in total. The van der Waals surface area contributed by atoms with Crippen LogP contribution in [0.15, 0.2) is 66.7 Å². The van der Waals surface area contributed by atoms with Crippen LogP contribution in [0, 0.1) is 6.92 Å². The molecule has 4 aromatic rings. The van der Waals surface area contributed by atoms with Gasteiger partial charge in [-0.15, -0.1) is 0 Å². The second-order valence-electron chi connectivity index (χ2n) is 8.70. The summed E-state index contributed by atoms with van der Waals surface area (Å²) in [6.07, 6.45) is -0.646. The summed E-state index contributed by atoms with van der Waals surface area (Å²) in [5.41, 5.74) is 6.98. The van der Waals surface area contributed by atoms with Crippen LogP contribution in [0.2, 0.25) is 0 Å². The number of ether oxygens (including phenoxy) is 2. The summed E-state index contributed by atoms with van der Waals surface area (Å²) in [4.78, 5) is 28.0. The first-order chi connectivity index (χ1) is 17.0. The minimum absolute atomic E-state index is 0.0974. The molecule has 1 aromatic heterocycles. The minimum Gasteiger partial charge on any atom is -0.497 e. The molecule has 0 saturated carbocycles. The third kappa shape index (κ3) is 4.21. The minimum atomic E-state index is -1.14. The van der Waals surface area contributed by atoms with Crippen molar-refractivity contribution in [3.05, 3.63) is 89.1 Å². The van der Waals surface area contributed by atoms with Crippen molar-refractivity contribution in [2.45, 2.75) is 25.3 Å². The molecule has 1 aliphatic carbocycles. The zero-order chi connectivity index (χ0) is 24.5. The van der Waals surface area contributed by atoms with Gasteiger partial charge in [0.1, 0.15) is 18.4 Å². The molecular formula is C28H26N2O5. The number of aryl methyl sites for hydroxylation is 1. The predicted octanol–water partition coefficient (Wildman–Crippen LogP) is 5.02. The lowest BCUT2D eigenvalue weighted by Gasteiger charge is -2.18. The number of nitrogens with one attached hydrogen (secondary N) is 2. The Morgan fingerprint density at radius 1 is 1.03 bits per heavy atom. The van der Waals surface area contributed by atoms with Crippen molar-refractivity contribution in [1.29, 1.82) is 0 Å². The molecule has 0 saturated heterocycles. The second kappa shape index (κ2) is 9.18. The number of carboxylic acids is 1. The summed E-state index contributed by atoms with van der Waals surface area (Å²) in [5, 5.41) is 13.2. The predicted molar refractivity (Wildman–Crippen MR) is 133 cm³/mol. The van der Waals surface area contributed by atoms with Gasteiger partial charge in [-0.05, 0) is 52.9 Å². The zero-order valence-corrected chi connectivity index (χ0v) is 19.5. The van der Waals surface area contributed by atoms with Gasteiger partial charge in [0.05, 0.1) is 7.11 Å². The maximum atomic E-state index is 12.7. The van der Waals surface area contributed by atoms with Gasteiger partial charge in [0.15, 0.2) is 0 Å². The Morgan fingerprint density at radius 2 is 1.69 bits per heavy atom. The van der Waals surface area contributed by atoms with Crippen LogP contribution in [0.25, 0.3) is 22.0 Å². The molecule has 1 amide bonds. The lowest BCUT2D eigenvalue weighted by atomic mass is 9.98. The SMILES string of the molecule is COc1ccc2[nH]c(C)c(C[C@@H](NC(=O)OCC3c4ccccc4-c4ccccc43)C(=O)O)c2c1. The van der Waals surface area contributed by atoms with Crippen molar-refractivity contribution in [1.82, 2.24) is 10.3 Å². The lowest BCUT2D eigenvalue weighted by Crippen LogP contribution is -2.43. The number of aliphatic carboxylic acids is 1. The molecule has 5 rings (SSSR count). The number of methoxy groups -OCH3 is 1. The van der Waals surface area contributed by atoms with Crippen LogP contribution in [0.5, 0.6) is 5.75 Å². The van der Waals surface area contributed by atoms with Gasteiger partial charge >= 0.3 is 12.1 Å². The van der Waals surface area contributed by atoms with E-state index in [9.17, 15) is 14.7 Å². The van der Waals surface area contributed by atoms with Gasteiger partial charge in [-0.1, -0.05) is 48.5 Å². The largest absolute Gasteiger partial charge is 0.497 e. The van der Waals surface area contributed by atoms with Crippen LogP contribution in [0.1, 0.15) is 28.3 Å². The molecule has 0 bridgehead atoms. The van der Waals surface area contributed by atoms with E-state index in [0.29, 0.717) is 5.75 Å². The molecule has 0 aliphatic heterocycles. The monoisotopic (exact) mass is 470 g/mol. The Kier molecular flexibility index (Phi) is 5.91. The van der Waals surface area contributed by atoms with Crippen LogP contribution in [-0.2, 0) is 16.0 Å². The van der Waals surface area contributed by atoms with Gasteiger partial charge in [0.2, 0.25) is 0 Å². The number of hydrogen-bond donors (Lipinski definition) is 3. The highest BCUT2D eigenvalue weighted by molar-refractivity contribution is 5.88. The van der Waals surface area contributed by atoms with E-state index in [-0.39, 0.29) is 18.9 Å². The fraction of sp³-hybridized carbons (Fsp3) is 0.214. The molecule has 35 heavy (non-hydrogen) atoms. The van der Waals surface area contributed by atoms with Crippen molar-refractivity contribution in [2.24, 2.45) is 0 Å². The second-order valence-corrected chi connectivity index (χ2v) is 8.70. The van der Waals surface area contributed by atoms with Crippen LogP contribution in [0.3, 0.4) is 0 Å². The fourth-order valence-corrected chi connectivity index (χ4v) is 4.94. The molecule has 0 spiro atoms. The Labute approximate surface area is 202 Å². The molecule has 7 heteroatoms. The number of H-pyrrole nitrogens is 1. The highest BCUT2D eigenvalue weighted by Crippen LogP contribution is 2.44. The van der Waals surface area contributed by atoms with Crippen molar-refractivity contribution in [2.75, 3.05) is 13.7 Å². The average molecular weight is 471 g/mol. The summed E-state index contributed by atoms with van der Waals surface area (Å²) >= 11 is 0. The molecule has 1 heterocycles. The maximum Gasteiger partial charge on any atom is 0.407 e. The number of carbonyl (C=O) groups is 2. The fourth-order valence-electron chi connectivity index (χ4n) is 4.94. The quantitative estimate of drug-likeness (QED) is 0.352. The van der Waals surface area contributed by atoms with Gasteiger partial charge in [0, 0.05) is 28.9 Å². The summed E-state index contributed by atoms with van der Waals surface area (Å²) < 4.78 is 10.9. The third-order valence-electron chi connectivity index (χ3n) is 6.67. The zero-order valence-electron chi connectivity index (χ0n) is 19.5. The molecule has 3 N–H and O–H groups in total. The number of carbonyl (C=O) groups excluding carboxylic acids is 1. The smallest absolute Gasteiger partial charge is 0.407 e. The van der Waals surface area contributed by atoms with Crippen molar-refractivity contribution >= 4 is 23.0 Å². The van der Waals surface area contributed by atoms with Crippen molar-refractivity contribution < 1.29 is 24.2 Å². The van der Waals surface area contributed by atoms with E-state index < -0.39 is 18.1 Å². The molecule has 0 unspecified atom stereocenters. The Morgan fingerprint density at radius 3 is 2.31 bits per heavy atom. The summed E-state index contributed by atoms with van der Waals surface area (Å²) in [6.45, 7) is 2.00. The number of aromatic amines is 1. The van der Waals surface area contributed by atoms with E-state index in [1.165, 1.54) is 0 Å². The van der Waals surface area contributed by atoms with Gasteiger partial charge in [0.25, 0.3) is 0 Å². The Bertz CT molecular complexity index is 1380. The average Bonchev–Trinajstić information content (AvgIpc) is 3.35. The highest BCUT2D eigenvalue weighted by Gasteiger charge is 2.30. The topological polar surface area (TPSA) is 101 Å². The molecule has 1 atom stereocenters. The first-order valence-corrected chi connectivity index (χ1v) is 11.5. The molecule has 0 radical (unpaired) electrons. The summed E-state index contributed by atoms with van der Waals surface area (Å²) in [7, 11) is 1.58. The normalized spacial score (nSPS) is 13.2. The van der Waals surface area contributed by atoms with Gasteiger partial charge in [-0.3, -0.25) is 0 Å². The maximum absolute atomic E-state index is 12.7. The number of aromatic nitrogens is 1. The molecule has 178 valence electrons. The number of carboxylic acid groups (broad SMARTS) is 1. The van der Waals surface area contributed by atoms with Crippen LogP contribution in [0.4, 0.5) is 4.79 Å². The Hall–Kier alpha value is -4.26. The first-order valence-electron chi connectivity index (χ1n) is 11.5. The number of rotatable bonds is 7. The van der Waals surface area contributed by atoms with Crippen LogP contribution < -0.4 is 10.1 Å². The van der Waals surface area contributed by atoms with E-state index in [0.717, 1.165) is 44.4 Å². The number of benzene rings is 3. The summed E-state index contributed by atoms with van der Waals surface area (Å²) in [5.74, 6) is -0.552. The van der Waals surface area contributed by atoms with Gasteiger partial charge in [-0.2, -0.15) is 0 Å². The van der Waals surface area contributed by atoms with E-state index in [1.54, 1.807) is 7.11 Å². The number of hydrogen-bond acceptors (Lipinski definition) is 4. The van der Waals surface area contributed by atoms with Crippen LogP contribution >= 0.6 is 0 Å². The van der Waals surface area contributed by atoms with Crippen molar-refractivity contribution in [3.8, 4) is 16.9 Å². The number of fused-ring (bicyclic) bond motifs is 4. The van der Waals surface area contributed by atoms with E-state index in [4.69, 9.17) is 9.47 Å². The van der Waals surface area contributed by atoms with Gasteiger partial charge in [-0.25, -0.2) is 9.59 Å². The van der Waals surface area contributed by atoms with Crippen molar-refractivity contribution in [3.63, 3.8) is 0 Å². The standard InChI is InChI=1S/C28H26N2O5/c1-16-22(23-13-17(34-2)11-12-25(23)29-16)14-26(27(31)32)30-28(33)35-15-24-20-9-5-3-7-18(20)19-8-4-6-10-21(19)24/h3-13,24,26,29H,14-15H2,1-2H3,(H,30,33)(H,31,32)/t26-/m1/s1. The lowest BCUT2D eigenvalue weighted by molar-refractivity contribution is -0.139. The Balaban J connectivity index is 1.31. The third-order valence-corrected chi connectivity index (χ3v) is 6.67. The van der Waals surface area contributed by atoms with Crippen LogP contribution in [-0.4, -0.2) is 41.9 Å². The molecule has 1 aliphatic rings. The van der Waals surface area contributed by atoms with E-state index in [2.05, 4.69) is 22.4 Å². The molecular weight excluding hydrogens is 444 g/mol.